The third kappa shape index (κ3) is 4.19. The van der Waals surface area contributed by atoms with Gasteiger partial charge in [0.25, 0.3) is 0 Å². The summed E-state index contributed by atoms with van der Waals surface area (Å²) in [7, 11) is 0. The maximum Gasteiger partial charge on any atom is 0.373 e. The number of carbonyl (C=O) groups is 1. The van der Waals surface area contributed by atoms with Gasteiger partial charge in [-0.15, -0.1) is 0 Å². The Balaban J connectivity index is 1.82. The van der Waals surface area contributed by atoms with Crippen molar-refractivity contribution in [3.05, 3.63) is 0 Å². The van der Waals surface area contributed by atoms with Crippen LogP contribution in [0.25, 0.3) is 0 Å². The third-order valence-electron chi connectivity index (χ3n) is 4.91. The van der Waals surface area contributed by atoms with E-state index in [0.29, 0.717) is 5.92 Å². The third-order valence-corrected chi connectivity index (χ3v) is 4.91. The van der Waals surface area contributed by atoms with Crippen LogP contribution in [-0.4, -0.2) is 17.9 Å². The predicted octanol–water partition coefficient (Wildman–Crippen LogP) is 4.37. The topological polar surface area (TPSA) is 51.4 Å². The van der Waals surface area contributed by atoms with Gasteiger partial charge in [0, 0.05) is 5.92 Å². The Labute approximate surface area is 128 Å². The number of rotatable bonds is 8. The van der Waals surface area contributed by atoms with Gasteiger partial charge in [-0.2, -0.15) is 9.78 Å². The lowest BCUT2D eigenvalue weighted by Gasteiger charge is -2.25. The average Bonchev–Trinajstić information content (AvgIpc) is 3.27. The summed E-state index contributed by atoms with van der Waals surface area (Å²) in [5.41, 5.74) is 0. The summed E-state index contributed by atoms with van der Waals surface area (Å²) in [5.74, 6) is -0.634. The highest BCUT2D eigenvalue weighted by Crippen LogP contribution is 2.43. The van der Waals surface area contributed by atoms with Gasteiger partial charge in [0.15, 0.2) is 0 Å². The van der Waals surface area contributed by atoms with E-state index in [-0.39, 0.29) is 18.0 Å². The number of hydrogen-bond acceptors (Lipinski definition) is 4. The molecule has 4 nitrogen and oxygen atoms in total. The van der Waals surface area contributed by atoms with Gasteiger partial charge in [0.05, 0.1) is 6.10 Å². The van der Waals surface area contributed by atoms with Gasteiger partial charge in [-0.05, 0) is 32.1 Å². The highest BCUT2D eigenvalue weighted by molar-refractivity contribution is 5.79. The fourth-order valence-corrected chi connectivity index (χ4v) is 3.63. The number of carbonyl (C=O) groups excluding carboxylic acids is 1. The summed E-state index contributed by atoms with van der Waals surface area (Å²) in [4.78, 5) is 22.5. The zero-order valence-corrected chi connectivity index (χ0v) is 13.7. The Morgan fingerprint density at radius 1 is 1.24 bits per heavy atom. The Hall–Kier alpha value is -0.610. The molecule has 1 aliphatic carbocycles. The van der Waals surface area contributed by atoms with E-state index < -0.39 is 5.79 Å². The minimum Gasteiger partial charge on any atom is -0.459 e. The first-order valence-electron chi connectivity index (χ1n) is 8.70. The lowest BCUT2D eigenvalue weighted by molar-refractivity contribution is -0.159. The van der Waals surface area contributed by atoms with E-state index in [1.165, 1.54) is 32.1 Å². The van der Waals surface area contributed by atoms with Crippen molar-refractivity contribution in [1.82, 2.24) is 0 Å². The first-order chi connectivity index (χ1) is 10.1. The van der Waals surface area contributed by atoms with Crippen molar-refractivity contribution in [3.63, 3.8) is 0 Å². The Morgan fingerprint density at radius 2 is 1.90 bits per heavy atom. The second-order valence-corrected chi connectivity index (χ2v) is 6.68. The maximum atomic E-state index is 12.4. The van der Waals surface area contributed by atoms with E-state index >= 15 is 0 Å². The van der Waals surface area contributed by atoms with Gasteiger partial charge in [-0.1, -0.05) is 52.4 Å². The Kier molecular flexibility index (Phi) is 6.06. The van der Waals surface area contributed by atoms with Gasteiger partial charge in [-0.25, -0.2) is 4.79 Å². The van der Waals surface area contributed by atoms with Crippen LogP contribution in [0.3, 0.4) is 0 Å². The van der Waals surface area contributed by atoms with E-state index in [1.807, 2.05) is 6.92 Å². The first kappa shape index (κ1) is 16.8. The molecule has 0 aromatic heterocycles. The summed E-state index contributed by atoms with van der Waals surface area (Å²) in [6.07, 6.45) is 10.2. The predicted molar refractivity (Wildman–Crippen MR) is 80.3 cm³/mol. The second kappa shape index (κ2) is 7.59. The molecule has 0 radical (unpaired) electrons. The van der Waals surface area contributed by atoms with Gasteiger partial charge in [0.2, 0.25) is 0 Å². The van der Waals surface area contributed by atoms with E-state index in [2.05, 4.69) is 13.8 Å². The zero-order chi connectivity index (χ0) is 15.3. The molecular weight excluding hydrogens is 268 g/mol. The molecule has 0 N–H and O–H groups in total. The molecule has 122 valence electrons. The van der Waals surface area contributed by atoms with Crippen LogP contribution in [0, 0.1) is 11.8 Å². The van der Waals surface area contributed by atoms with Crippen molar-refractivity contribution in [2.75, 3.05) is 0 Å². The smallest absolute Gasteiger partial charge is 0.373 e. The Bertz CT molecular complexity index is 332. The molecule has 0 amide bonds. The second-order valence-electron chi connectivity index (χ2n) is 6.68. The van der Waals surface area contributed by atoms with Crippen LogP contribution >= 0.6 is 0 Å². The van der Waals surface area contributed by atoms with Crippen molar-refractivity contribution >= 4 is 5.97 Å². The molecule has 2 unspecified atom stereocenters. The van der Waals surface area contributed by atoms with E-state index in [0.717, 1.165) is 25.7 Å². The molecule has 2 aliphatic rings. The normalized spacial score (nSPS) is 24.3. The number of hydrogen-bond donors (Lipinski definition) is 0. The van der Waals surface area contributed by atoms with Crippen LogP contribution in [0.1, 0.15) is 78.6 Å². The summed E-state index contributed by atoms with van der Waals surface area (Å²) in [5, 5.41) is 0. The van der Waals surface area contributed by atoms with Crippen LogP contribution in [0.5, 0.6) is 0 Å². The van der Waals surface area contributed by atoms with Crippen LogP contribution in [0.2, 0.25) is 0 Å². The molecule has 0 aromatic carbocycles. The van der Waals surface area contributed by atoms with E-state index in [9.17, 15) is 4.79 Å². The Morgan fingerprint density at radius 3 is 2.43 bits per heavy atom. The fourth-order valence-electron chi connectivity index (χ4n) is 3.63. The molecular formula is C17H30O4. The molecule has 2 rings (SSSR count). The van der Waals surface area contributed by atoms with Crippen molar-refractivity contribution in [2.45, 2.75) is 90.4 Å². The summed E-state index contributed by atoms with van der Waals surface area (Å²) >= 11 is 0. The van der Waals surface area contributed by atoms with Gasteiger partial charge >= 0.3 is 11.8 Å². The monoisotopic (exact) mass is 298 g/mol. The molecule has 1 saturated carbocycles. The number of esters is 1. The van der Waals surface area contributed by atoms with Crippen molar-refractivity contribution in [2.24, 2.45) is 11.8 Å². The minimum absolute atomic E-state index is 0.0515. The lowest BCUT2D eigenvalue weighted by Crippen LogP contribution is -2.37. The molecule has 1 aliphatic heterocycles. The van der Waals surface area contributed by atoms with Gasteiger partial charge < -0.3 is 4.74 Å². The quantitative estimate of drug-likeness (QED) is 0.379. The molecule has 2 atom stereocenters. The van der Waals surface area contributed by atoms with Crippen LogP contribution in [0.4, 0.5) is 0 Å². The van der Waals surface area contributed by atoms with Crippen molar-refractivity contribution in [1.29, 1.82) is 0 Å². The molecule has 1 heterocycles. The molecule has 0 aromatic rings. The standard InChI is InChI=1S/C17H30O4/c1-4-9-15(5-2)17(20-21-17)16(18)19-13(3)12-14-10-7-6-8-11-14/h13-15H,4-12H2,1-3H3. The molecule has 0 spiro atoms. The summed E-state index contributed by atoms with van der Waals surface area (Å²) in [6.45, 7) is 6.16. The van der Waals surface area contributed by atoms with E-state index in [1.54, 1.807) is 0 Å². The van der Waals surface area contributed by atoms with Gasteiger partial charge in [0.1, 0.15) is 0 Å². The largest absolute Gasteiger partial charge is 0.459 e. The first-order valence-corrected chi connectivity index (χ1v) is 8.70. The highest BCUT2D eigenvalue weighted by atomic mass is 17.4. The molecule has 2 fully saturated rings. The highest BCUT2D eigenvalue weighted by Gasteiger charge is 2.63. The van der Waals surface area contributed by atoms with Crippen LogP contribution in [-0.2, 0) is 19.3 Å². The maximum absolute atomic E-state index is 12.4. The number of ether oxygens (including phenoxy) is 1. The van der Waals surface area contributed by atoms with Gasteiger partial charge in [-0.3, -0.25) is 0 Å². The molecule has 0 bridgehead atoms. The summed E-state index contributed by atoms with van der Waals surface area (Å²) in [6, 6.07) is 0. The van der Waals surface area contributed by atoms with Crippen LogP contribution in [0.15, 0.2) is 0 Å². The average molecular weight is 298 g/mol. The summed E-state index contributed by atoms with van der Waals surface area (Å²) < 4.78 is 5.62. The van der Waals surface area contributed by atoms with E-state index in [4.69, 9.17) is 14.5 Å². The molecule has 21 heavy (non-hydrogen) atoms. The van der Waals surface area contributed by atoms with Crippen molar-refractivity contribution < 1.29 is 19.3 Å². The SMILES string of the molecule is CCCC(CC)C1(C(=O)OC(C)CC2CCCCC2)OO1. The molecule has 1 saturated heterocycles. The van der Waals surface area contributed by atoms with Crippen LogP contribution < -0.4 is 0 Å². The minimum atomic E-state index is -1.11. The van der Waals surface area contributed by atoms with Crippen molar-refractivity contribution in [3.8, 4) is 0 Å². The lowest BCUT2D eigenvalue weighted by atomic mass is 9.85. The fraction of sp³-hybridized carbons (Fsp3) is 0.941. The zero-order valence-electron chi connectivity index (χ0n) is 13.7. The molecule has 4 heteroatoms.